The molecule has 1 N–H and O–H groups in total. The van der Waals surface area contributed by atoms with E-state index in [1.807, 2.05) is 31.2 Å². The third kappa shape index (κ3) is 2.47. The summed E-state index contributed by atoms with van der Waals surface area (Å²) in [6, 6.07) is 10.6. The van der Waals surface area contributed by atoms with Crippen molar-refractivity contribution in [3.8, 4) is 11.5 Å². The van der Waals surface area contributed by atoms with E-state index in [0.29, 0.717) is 12.4 Å². The van der Waals surface area contributed by atoms with Crippen LogP contribution in [0.1, 0.15) is 17.5 Å². The molecule has 0 saturated heterocycles. The molecule has 3 rings (SSSR count). The van der Waals surface area contributed by atoms with Crippen LogP contribution in [0.5, 0.6) is 11.5 Å². The number of carbonyl (C=O) groups is 1. The van der Waals surface area contributed by atoms with Crippen LogP contribution in [0.3, 0.4) is 0 Å². The van der Waals surface area contributed by atoms with Crippen LogP contribution < -0.4 is 14.8 Å². The lowest BCUT2D eigenvalue weighted by molar-refractivity contribution is 0.0596. The van der Waals surface area contributed by atoms with Crippen molar-refractivity contribution in [2.24, 2.45) is 0 Å². The molecule has 5 nitrogen and oxygen atoms in total. The molecule has 0 fully saturated rings. The molecule has 0 saturated carbocycles. The van der Waals surface area contributed by atoms with Gasteiger partial charge in [0.2, 0.25) is 0 Å². The van der Waals surface area contributed by atoms with Gasteiger partial charge in [0.1, 0.15) is 6.61 Å². The van der Waals surface area contributed by atoms with Gasteiger partial charge in [-0.3, -0.25) is 4.79 Å². The Kier molecular flexibility index (Phi) is 3.33. The SMILES string of the molecule is C[C@@H](NC(=O)c1ccco1)[C@H]1COc2ccccc2O1. The van der Waals surface area contributed by atoms with Crippen molar-refractivity contribution in [3.05, 3.63) is 48.4 Å². The smallest absolute Gasteiger partial charge is 0.287 e. The summed E-state index contributed by atoms with van der Waals surface area (Å²) < 4.78 is 16.5. The highest BCUT2D eigenvalue weighted by atomic mass is 16.6. The maximum absolute atomic E-state index is 11.9. The van der Waals surface area contributed by atoms with Crippen molar-refractivity contribution in [1.29, 1.82) is 0 Å². The number of hydrogen-bond acceptors (Lipinski definition) is 4. The molecule has 1 aromatic heterocycles. The van der Waals surface area contributed by atoms with Gasteiger partial charge in [0.25, 0.3) is 5.91 Å². The second kappa shape index (κ2) is 5.28. The number of carbonyl (C=O) groups excluding carboxylic acids is 1. The van der Waals surface area contributed by atoms with Crippen molar-refractivity contribution in [2.45, 2.75) is 19.1 Å². The third-order valence-electron chi connectivity index (χ3n) is 3.19. The lowest BCUT2D eigenvalue weighted by Crippen LogP contribution is -2.48. The average Bonchev–Trinajstić information content (AvgIpc) is 3.01. The zero-order valence-electron chi connectivity index (χ0n) is 11.0. The zero-order chi connectivity index (χ0) is 13.9. The summed E-state index contributed by atoms with van der Waals surface area (Å²) in [5.74, 6) is 1.45. The monoisotopic (exact) mass is 273 g/mol. The van der Waals surface area contributed by atoms with Gasteiger partial charge in [-0.15, -0.1) is 0 Å². The molecule has 1 amide bonds. The van der Waals surface area contributed by atoms with Crippen LogP contribution in [-0.2, 0) is 0 Å². The van der Waals surface area contributed by atoms with E-state index in [9.17, 15) is 4.79 Å². The van der Waals surface area contributed by atoms with Gasteiger partial charge in [0.15, 0.2) is 23.4 Å². The first-order chi connectivity index (χ1) is 9.74. The van der Waals surface area contributed by atoms with Crippen LogP contribution in [0.4, 0.5) is 0 Å². The summed E-state index contributed by atoms with van der Waals surface area (Å²) in [7, 11) is 0. The Labute approximate surface area is 116 Å². The fourth-order valence-corrected chi connectivity index (χ4v) is 2.06. The second-order valence-electron chi connectivity index (χ2n) is 4.65. The van der Waals surface area contributed by atoms with Crippen LogP contribution in [0.25, 0.3) is 0 Å². The summed E-state index contributed by atoms with van der Waals surface area (Å²) in [5, 5.41) is 2.85. The van der Waals surface area contributed by atoms with Crippen molar-refractivity contribution in [1.82, 2.24) is 5.32 Å². The lowest BCUT2D eigenvalue weighted by atomic mass is 10.1. The Morgan fingerprint density at radius 2 is 2.05 bits per heavy atom. The number of hydrogen-bond donors (Lipinski definition) is 1. The first kappa shape index (κ1) is 12.6. The fraction of sp³-hybridized carbons (Fsp3) is 0.267. The van der Waals surface area contributed by atoms with Crippen LogP contribution in [0.2, 0.25) is 0 Å². The predicted octanol–water partition coefficient (Wildman–Crippen LogP) is 2.24. The van der Waals surface area contributed by atoms with Crippen LogP contribution in [0.15, 0.2) is 47.1 Å². The summed E-state index contributed by atoms with van der Waals surface area (Å²) in [6.07, 6.45) is 1.24. The molecule has 0 radical (unpaired) electrons. The summed E-state index contributed by atoms with van der Waals surface area (Å²) in [6.45, 7) is 2.28. The lowest BCUT2D eigenvalue weighted by Gasteiger charge is -2.30. The molecule has 0 bridgehead atoms. The minimum absolute atomic E-state index is 0.194. The maximum atomic E-state index is 11.9. The third-order valence-corrected chi connectivity index (χ3v) is 3.19. The number of para-hydroxylation sites is 2. The fourth-order valence-electron chi connectivity index (χ4n) is 2.06. The topological polar surface area (TPSA) is 60.7 Å². The van der Waals surface area contributed by atoms with E-state index in [1.165, 1.54) is 6.26 Å². The van der Waals surface area contributed by atoms with E-state index in [2.05, 4.69) is 5.32 Å². The molecule has 5 heteroatoms. The van der Waals surface area contributed by atoms with Gasteiger partial charge in [0.05, 0.1) is 12.3 Å². The summed E-state index contributed by atoms with van der Waals surface area (Å²) in [4.78, 5) is 11.9. The number of furan rings is 1. The molecule has 0 spiro atoms. The molecule has 0 unspecified atom stereocenters. The molecule has 1 aliphatic heterocycles. The average molecular weight is 273 g/mol. The number of amides is 1. The van der Waals surface area contributed by atoms with Gasteiger partial charge >= 0.3 is 0 Å². The Morgan fingerprint density at radius 3 is 2.80 bits per heavy atom. The standard InChI is InChI=1S/C15H15NO4/c1-10(16-15(17)13-7-4-8-18-13)14-9-19-11-5-2-3-6-12(11)20-14/h2-8,10,14H,9H2,1H3,(H,16,17)/t10-,14-/m1/s1. The molecule has 0 aliphatic carbocycles. The van der Waals surface area contributed by atoms with E-state index in [0.717, 1.165) is 5.75 Å². The highest BCUT2D eigenvalue weighted by Gasteiger charge is 2.27. The Hall–Kier alpha value is -2.43. The molecule has 104 valence electrons. The Bertz CT molecular complexity index is 594. The molecule has 2 atom stereocenters. The van der Waals surface area contributed by atoms with Gasteiger partial charge < -0.3 is 19.2 Å². The van der Waals surface area contributed by atoms with Gasteiger partial charge in [-0.05, 0) is 31.2 Å². The number of nitrogens with one attached hydrogen (secondary N) is 1. The summed E-state index contributed by atoms with van der Waals surface area (Å²) >= 11 is 0. The predicted molar refractivity (Wildman–Crippen MR) is 72.0 cm³/mol. The normalized spacial score (nSPS) is 18.4. The highest BCUT2D eigenvalue weighted by Crippen LogP contribution is 2.31. The van der Waals surface area contributed by atoms with E-state index in [-0.39, 0.29) is 23.8 Å². The molecular weight excluding hydrogens is 258 g/mol. The number of benzene rings is 1. The highest BCUT2D eigenvalue weighted by molar-refractivity contribution is 5.91. The van der Waals surface area contributed by atoms with Gasteiger partial charge in [-0.2, -0.15) is 0 Å². The van der Waals surface area contributed by atoms with Gasteiger partial charge in [-0.1, -0.05) is 12.1 Å². The van der Waals surface area contributed by atoms with Crippen LogP contribution >= 0.6 is 0 Å². The van der Waals surface area contributed by atoms with E-state index >= 15 is 0 Å². The first-order valence-corrected chi connectivity index (χ1v) is 6.47. The van der Waals surface area contributed by atoms with Crippen molar-refractivity contribution in [3.63, 3.8) is 0 Å². The quantitative estimate of drug-likeness (QED) is 0.931. The molecule has 1 aromatic carbocycles. The van der Waals surface area contributed by atoms with Crippen molar-refractivity contribution < 1.29 is 18.7 Å². The van der Waals surface area contributed by atoms with Gasteiger partial charge in [-0.25, -0.2) is 0 Å². The second-order valence-corrected chi connectivity index (χ2v) is 4.65. The number of ether oxygens (including phenoxy) is 2. The molecular formula is C15H15NO4. The number of fused-ring (bicyclic) bond motifs is 1. The Morgan fingerprint density at radius 1 is 1.25 bits per heavy atom. The van der Waals surface area contributed by atoms with Crippen molar-refractivity contribution in [2.75, 3.05) is 6.61 Å². The zero-order valence-corrected chi connectivity index (χ0v) is 11.0. The molecule has 2 heterocycles. The van der Waals surface area contributed by atoms with Crippen LogP contribution in [0, 0.1) is 0 Å². The first-order valence-electron chi connectivity index (χ1n) is 6.47. The molecule has 2 aromatic rings. The van der Waals surface area contributed by atoms with E-state index in [1.54, 1.807) is 12.1 Å². The minimum Gasteiger partial charge on any atom is -0.486 e. The van der Waals surface area contributed by atoms with E-state index in [4.69, 9.17) is 13.9 Å². The Balaban J connectivity index is 1.64. The molecule has 20 heavy (non-hydrogen) atoms. The van der Waals surface area contributed by atoms with Gasteiger partial charge in [0, 0.05) is 0 Å². The van der Waals surface area contributed by atoms with Crippen molar-refractivity contribution >= 4 is 5.91 Å². The van der Waals surface area contributed by atoms with Crippen LogP contribution in [-0.4, -0.2) is 24.7 Å². The molecule has 1 aliphatic rings. The maximum Gasteiger partial charge on any atom is 0.287 e. The summed E-state index contributed by atoms with van der Waals surface area (Å²) in [5.41, 5.74) is 0. The minimum atomic E-state index is -0.259. The number of rotatable bonds is 3. The van der Waals surface area contributed by atoms with E-state index < -0.39 is 0 Å². The largest absolute Gasteiger partial charge is 0.486 e.